The summed E-state index contributed by atoms with van der Waals surface area (Å²) in [6.45, 7) is 5.01. The molecule has 6 heteroatoms. The molecule has 0 atom stereocenters. The summed E-state index contributed by atoms with van der Waals surface area (Å²) in [5.41, 5.74) is 0.507. The Hall–Kier alpha value is -1.63. The molecule has 2 heterocycles. The molecule has 0 spiro atoms. The molecule has 0 unspecified atom stereocenters. The van der Waals surface area contributed by atoms with Gasteiger partial charge in [-0.3, -0.25) is 4.90 Å². The summed E-state index contributed by atoms with van der Waals surface area (Å²) in [6.07, 6.45) is 2.20. The van der Waals surface area contributed by atoms with Crippen LogP contribution in [0, 0.1) is 5.92 Å². The standard InChI is InChI=1S/C18H25NO5/c1-21-17(20)15-3-2-4-16(13-15)22-10-9-19-7-5-14(6-8-19)18-23-11-12-24-18/h2-4,13-14,18H,5-12H2,1H3. The van der Waals surface area contributed by atoms with E-state index < -0.39 is 0 Å². The molecule has 2 fully saturated rings. The fourth-order valence-corrected chi connectivity index (χ4v) is 3.22. The fraction of sp³-hybridized carbons (Fsp3) is 0.611. The third-order valence-electron chi connectivity index (χ3n) is 4.60. The van der Waals surface area contributed by atoms with Gasteiger partial charge in [-0.05, 0) is 44.1 Å². The van der Waals surface area contributed by atoms with Gasteiger partial charge in [-0.25, -0.2) is 4.79 Å². The van der Waals surface area contributed by atoms with E-state index in [9.17, 15) is 4.79 Å². The minimum atomic E-state index is -0.348. The molecule has 0 radical (unpaired) electrons. The third kappa shape index (κ3) is 4.47. The molecule has 1 aromatic carbocycles. The number of nitrogens with zero attached hydrogens (tertiary/aromatic N) is 1. The van der Waals surface area contributed by atoms with E-state index in [1.165, 1.54) is 7.11 Å². The zero-order chi connectivity index (χ0) is 16.8. The van der Waals surface area contributed by atoms with Gasteiger partial charge < -0.3 is 18.9 Å². The summed E-state index contributed by atoms with van der Waals surface area (Å²) < 4.78 is 21.7. The Labute approximate surface area is 142 Å². The van der Waals surface area contributed by atoms with E-state index in [1.54, 1.807) is 18.2 Å². The smallest absolute Gasteiger partial charge is 0.337 e. The van der Waals surface area contributed by atoms with Gasteiger partial charge in [-0.2, -0.15) is 0 Å². The van der Waals surface area contributed by atoms with Crippen LogP contribution in [0.3, 0.4) is 0 Å². The molecule has 0 bridgehead atoms. The number of esters is 1. The van der Waals surface area contributed by atoms with E-state index in [4.69, 9.17) is 18.9 Å². The number of piperidine rings is 1. The van der Waals surface area contributed by atoms with Gasteiger partial charge in [0.15, 0.2) is 6.29 Å². The highest BCUT2D eigenvalue weighted by molar-refractivity contribution is 5.89. The van der Waals surface area contributed by atoms with Crippen molar-refractivity contribution in [1.82, 2.24) is 4.90 Å². The van der Waals surface area contributed by atoms with Crippen molar-refractivity contribution < 1.29 is 23.7 Å². The van der Waals surface area contributed by atoms with Gasteiger partial charge in [-0.1, -0.05) is 6.07 Å². The number of hydrogen-bond donors (Lipinski definition) is 0. The van der Waals surface area contributed by atoms with Crippen LogP contribution in [0.25, 0.3) is 0 Å². The zero-order valence-electron chi connectivity index (χ0n) is 14.1. The highest BCUT2D eigenvalue weighted by atomic mass is 16.7. The Morgan fingerprint density at radius 3 is 2.71 bits per heavy atom. The van der Waals surface area contributed by atoms with Crippen molar-refractivity contribution in [2.45, 2.75) is 19.1 Å². The van der Waals surface area contributed by atoms with E-state index in [1.807, 2.05) is 6.07 Å². The average molecular weight is 335 g/mol. The molecule has 0 N–H and O–H groups in total. The highest BCUT2D eigenvalue weighted by Crippen LogP contribution is 2.25. The second kappa shape index (κ2) is 8.46. The quantitative estimate of drug-likeness (QED) is 0.741. The van der Waals surface area contributed by atoms with Crippen LogP contribution in [0.2, 0.25) is 0 Å². The minimum absolute atomic E-state index is 0.00413. The minimum Gasteiger partial charge on any atom is -0.492 e. The number of methoxy groups -OCH3 is 1. The number of ether oxygens (including phenoxy) is 4. The number of hydrogen-bond acceptors (Lipinski definition) is 6. The number of carbonyl (C=O) groups is 1. The van der Waals surface area contributed by atoms with Crippen LogP contribution in [-0.2, 0) is 14.2 Å². The Morgan fingerprint density at radius 2 is 2.00 bits per heavy atom. The summed E-state index contributed by atoms with van der Waals surface area (Å²) in [6, 6.07) is 7.09. The van der Waals surface area contributed by atoms with Crippen LogP contribution in [-0.4, -0.2) is 63.7 Å². The first-order chi connectivity index (χ1) is 11.8. The van der Waals surface area contributed by atoms with Crippen molar-refractivity contribution in [3.63, 3.8) is 0 Å². The van der Waals surface area contributed by atoms with Crippen LogP contribution in [0.1, 0.15) is 23.2 Å². The van der Waals surface area contributed by atoms with Gasteiger partial charge in [0.25, 0.3) is 0 Å². The summed E-state index contributed by atoms with van der Waals surface area (Å²) in [5.74, 6) is 0.862. The van der Waals surface area contributed by atoms with Crippen molar-refractivity contribution in [2.75, 3.05) is 46.6 Å². The van der Waals surface area contributed by atoms with Gasteiger partial charge in [0, 0.05) is 12.5 Å². The van der Waals surface area contributed by atoms with Crippen molar-refractivity contribution in [2.24, 2.45) is 5.92 Å². The van der Waals surface area contributed by atoms with Gasteiger partial charge in [0.1, 0.15) is 12.4 Å². The second-order valence-corrected chi connectivity index (χ2v) is 6.16. The van der Waals surface area contributed by atoms with Gasteiger partial charge in [0.05, 0.1) is 25.9 Å². The van der Waals surface area contributed by atoms with Crippen molar-refractivity contribution in [3.8, 4) is 5.75 Å². The summed E-state index contributed by atoms with van der Waals surface area (Å²) in [7, 11) is 1.38. The molecule has 2 aliphatic rings. The summed E-state index contributed by atoms with van der Waals surface area (Å²) in [4.78, 5) is 13.9. The largest absolute Gasteiger partial charge is 0.492 e. The molecular formula is C18H25NO5. The Bertz CT molecular complexity index is 536. The molecule has 0 aromatic heterocycles. The second-order valence-electron chi connectivity index (χ2n) is 6.16. The first kappa shape index (κ1) is 17.2. The van der Waals surface area contributed by atoms with E-state index in [0.717, 1.165) is 45.7 Å². The molecule has 3 rings (SSSR count). The lowest BCUT2D eigenvalue weighted by molar-refractivity contribution is -0.0976. The molecule has 0 amide bonds. The Morgan fingerprint density at radius 1 is 1.25 bits per heavy atom. The van der Waals surface area contributed by atoms with E-state index in [-0.39, 0.29) is 12.3 Å². The lowest BCUT2D eigenvalue weighted by atomic mass is 9.96. The van der Waals surface area contributed by atoms with Crippen LogP contribution in [0.15, 0.2) is 24.3 Å². The number of benzene rings is 1. The fourth-order valence-electron chi connectivity index (χ4n) is 3.22. The molecule has 24 heavy (non-hydrogen) atoms. The zero-order valence-corrected chi connectivity index (χ0v) is 14.1. The van der Waals surface area contributed by atoms with Crippen molar-refractivity contribution in [1.29, 1.82) is 0 Å². The first-order valence-corrected chi connectivity index (χ1v) is 8.53. The SMILES string of the molecule is COC(=O)c1cccc(OCCN2CCC(C3OCCO3)CC2)c1. The average Bonchev–Trinajstić information content (AvgIpc) is 3.16. The maximum Gasteiger partial charge on any atom is 0.337 e. The molecule has 132 valence electrons. The molecule has 1 aromatic rings. The van der Waals surface area contributed by atoms with Gasteiger partial charge in [0.2, 0.25) is 0 Å². The van der Waals surface area contributed by atoms with Crippen molar-refractivity contribution in [3.05, 3.63) is 29.8 Å². The number of likely N-dealkylation sites (tertiary alicyclic amines) is 1. The molecule has 2 aliphatic heterocycles. The first-order valence-electron chi connectivity index (χ1n) is 8.53. The maximum atomic E-state index is 11.5. The monoisotopic (exact) mass is 335 g/mol. The highest BCUT2D eigenvalue weighted by Gasteiger charge is 2.30. The summed E-state index contributed by atoms with van der Waals surface area (Å²) >= 11 is 0. The van der Waals surface area contributed by atoms with E-state index in [0.29, 0.717) is 23.8 Å². The number of rotatable bonds is 6. The van der Waals surface area contributed by atoms with E-state index in [2.05, 4.69) is 4.90 Å². The van der Waals surface area contributed by atoms with Crippen LogP contribution >= 0.6 is 0 Å². The maximum absolute atomic E-state index is 11.5. The predicted octanol–water partition coefficient (Wildman–Crippen LogP) is 1.94. The van der Waals surface area contributed by atoms with Gasteiger partial charge in [-0.15, -0.1) is 0 Å². The third-order valence-corrected chi connectivity index (χ3v) is 4.60. The molecule has 0 saturated carbocycles. The van der Waals surface area contributed by atoms with Crippen LogP contribution in [0.5, 0.6) is 5.75 Å². The normalized spacial score (nSPS) is 20.2. The molecule has 6 nitrogen and oxygen atoms in total. The molecule has 0 aliphatic carbocycles. The Kier molecular flexibility index (Phi) is 6.07. The lowest BCUT2D eigenvalue weighted by Crippen LogP contribution is -2.39. The topological polar surface area (TPSA) is 57.2 Å². The lowest BCUT2D eigenvalue weighted by Gasteiger charge is -2.33. The van der Waals surface area contributed by atoms with Crippen molar-refractivity contribution >= 4 is 5.97 Å². The predicted molar refractivity (Wildman–Crippen MR) is 88.1 cm³/mol. The van der Waals surface area contributed by atoms with Crippen LogP contribution in [0.4, 0.5) is 0 Å². The molecular weight excluding hydrogens is 310 g/mol. The molecule has 2 saturated heterocycles. The Balaban J connectivity index is 1.39. The summed E-state index contributed by atoms with van der Waals surface area (Å²) in [5, 5.41) is 0. The van der Waals surface area contributed by atoms with Gasteiger partial charge >= 0.3 is 5.97 Å². The van der Waals surface area contributed by atoms with Crippen LogP contribution < -0.4 is 4.74 Å². The van der Waals surface area contributed by atoms with E-state index >= 15 is 0 Å². The number of carbonyl (C=O) groups excluding carboxylic acids is 1.